The number of likely N-dealkylation sites (N-methyl/N-ethyl adjacent to an activating group) is 1. The number of carbonyl (C=O) groups excluding carboxylic acids is 1. The maximum Gasteiger partial charge on any atom is 0.252 e. The zero-order valence-electron chi connectivity index (χ0n) is 19.8. The van der Waals surface area contributed by atoms with Crippen LogP contribution in [0.1, 0.15) is 66.9 Å². The Morgan fingerprint density at radius 3 is 2.48 bits per heavy atom. The fraction of sp³-hybridized carbons (Fsp3) is 0.800. The van der Waals surface area contributed by atoms with Crippen molar-refractivity contribution in [2.75, 3.05) is 51.2 Å². The van der Waals surface area contributed by atoms with Crippen LogP contribution in [0.5, 0.6) is 0 Å². The van der Waals surface area contributed by atoms with Crippen molar-refractivity contribution in [2.45, 2.75) is 62.5 Å². The lowest BCUT2D eigenvalue weighted by atomic mass is 9.52. The molecule has 1 aromatic heterocycles. The van der Waals surface area contributed by atoms with Gasteiger partial charge in [-0.15, -0.1) is 0 Å². The molecule has 1 aromatic rings. The highest BCUT2D eigenvalue weighted by Crippen LogP contribution is 2.57. The molecule has 6 aliphatic rings. The molecule has 1 aliphatic heterocycles. The molecule has 5 aliphatic carbocycles. The molecule has 8 heteroatoms. The summed E-state index contributed by atoms with van der Waals surface area (Å²) in [5, 5.41) is 11.1. The Hall–Kier alpha value is -1.77. The first kappa shape index (κ1) is 21.7. The number of primary amides is 1. The zero-order valence-corrected chi connectivity index (χ0v) is 19.8. The standard InChI is InChI=1S/C25H38N6O2/c1-29-4-6-30(7-5-29)8-9-31(22-18-10-16-11-19(22)14-25(33,12-16)13-18)24-27-15-20(23(26)32)21(28-24)17-2-3-17/h15-19,22,33H,2-14H2,1H3,(H2,26,32). The quantitative estimate of drug-likeness (QED) is 0.643. The number of nitrogens with two attached hydrogens (primary N) is 1. The van der Waals surface area contributed by atoms with Crippen LogP contribution in [-0.4, -0.2) is 88.7 Å². The minimum absolute atomic E-state index is 0.341. The van der Waals surface area contributed by atoms with Crippen molar-refractivity contribution in [2.24, 2.45) is 23.5 Å². The maximum absolute atomic E-state index is 12.0. The van der Waals surface area contributed by atoms with E-state index in [4.69, 9.17) is 15.7 Å². The molecule has 0 radical (unpaired) electrons. The van der Waals surface area contributed by atoms with Crippen LogP contribution in [0.25, 0.3) is 0 Å². The lowest BCUT2D eigenvalue weighted by molar-refractivity contribution is -0.134. The highest BCUT2D eigenvalue weighted by Gasteiger charge is 2.56. The molecule has 2 unspecified atom stereocenters. The van der Waals surface area contributed by atoms with E-state index >= 15 is 0 Å². The molecule has 7 rings (SSSR count). The summed E-state index contributed by atoms with van der Waals surface area (Å²) in [6, 6.07) is 0.376. The van der Waals surface area contributed by atoms with Crippen LogP contribution in [0, 0.1) is 17.8 Å². The van der Waals surface area contributed by atoms with E-state index in [2.05, 4.69) is 21.7 Å². The second kappa shape index (κ2) is 8.17. The van der Waals surface area contributed by atoms with Crippen molar-refractivity contribution in [1.82, 2.24) is 19.8 Å². The summed E-state index contributed by atoms with van der Waals surface area (Å²) in [6.07, 6.45) is 9.04. The van der Waals surface area contributed by atoms with Crippen LogP contribution in [0.15, 0.2) is 6.20 Å². The number of nitrogens with zero attached hydrogens (tertiary/aromatic N) is 5. The van der Waals surface area contributed by atoms with Crippen molar-refractivity contribution < 1.29 is 9.90 Å². The summed E-state index contributed by atoms with van der Waals surface area (Å²) in [4.78, 5) is 29.2. The van der Waals surface area contributed by atoms with Crippen molar-refractivity contribution in [1.29, 1.82) is 0 Å². The summed E-state index contributed by atoms with van der Waals surface area (Å²) in [5.74, 6) is 2.34. The molecule has 3 N–H and O–H groups in total. The first-order valence-corrected chi connectivity index (χ1v) is 13.0. The van der Waals surface area contributed by atoms with E-state index in [1.165, 1.54) is 12.8 Å². The van der Waals surface area contributed by atoms with Crippen molar-refractivity contribution in [3.8, 4) is 0 Å². The second-order valence-corrected chi connectivity index (χ2v) is 11.6. The fourth-order valence-corrected chi connectivity index (χ4v) is 7.55. The van der Waals surface area contributed by atoms with Gasteiger partial charge in [-0.25, -0.2) is 9.97 Å². The van der Waals surface area contributed by atoms with Crippen LogP contribution in [-0.2, 0) is 0 Å². The Bertz CT molecular complexity index is 896. The van der Waals surface area contributed by atoms with Crippen molar-refractivity contribution in [3.63, 3.8) is 0 Å². The smallest absolute Gasteiger partial charge is 0.252 e. The lowest BCUT2D eigenvalue weighted by Crippen LogP contribution is -2.63. The summed E-state index contributed by atoms with van der Waals surface area (Å²) in [5.41, 5.74) is 6.54. The number of carbonyl (C=O) groups is 1. The third-order valence-corrected chi connectivity index (χ3v) is 9.10. The van der Waals surface area contributed by atoms with Gasteiger partial charge in [0.2, 0.25) is 5.95 Å². The van der Waals surface area contributed by atoms with Crippen LogP contribution in [0.4, 0.5) is 5.95 Å². The number of aliphatic hydroxyl groups is 1. The molecule has 1 saturated heterocycles. The van der Waals surface area contributed by atoms with Gasteiger partial charge in [-0.1, -0.05) is 0 Å². The summed E-state index contributed by atoms with van der Waals surface area (Å²) in [6.45, 7) is 6.30. The first-order chi connectivity index (χ1) is 15.9. The summed E-state index contributed by atoms with van der Waals surface area (Å²) < 4.78 is 0. The van der Waals surface area contributed by atoms with Crippen molar-refractivity contribution >= 4 is 11.9 Å². The molecule has 8 nitrogen and oxygen atoms in total. The second-order valence-electron chi connectivity index (χ2n) is 11.6. The molecule has 6 fully saturated rings. The third kappa shape index (κ3) is 4.15. The summed E-state index contributed by atoms with van der Waals surface area (Å²) >= 11 is 0. The molecule has 180 valence electrons. The van der Waals surface area contributed by atoms with E-state index in [0.717, 1.165) is 83.0 Å². The van der Waals surface area contributed by atoms with Gasteiger partial charge in [-0.2, -0.15) is 0 Å². The van der Waals surface area contributed by atoms with Gasteiger partial charge in [-0.05, 0) is 69.7 Å². The Balaban J connectivity index is 1.30. The average Bonchev–Trinajstić information content (AvgIpc) is 3.60. The predicted octanol–water partition coefficient (Wildman–Crippen LogP) is 1.45. The maximum atomic E-state index is 12.0. The van der Waals surface area contributed by atoms with Crippen LogP contribution in [0.2, 0.25) is 0 Å². The Morgan fingerprint density at radius 1 is 1.18 bits per heavy atom. The monoisotopic (exact) mass is 454 g/mol. The number of amides is 1. The largest absolute Gasteiger partial charge is 0.390 e. The highest BCUT2D eigenvalue weighted by atomic mass is 16.3. The Kier molecular flexibility index (Phi) is 5.38. The molecule has 4 bridgehead atoms. The Labute approximate surface area is 196 Å². The van der Waals surface area contributed by atoms with Gasteiger partial charge in [0.1, 0.15) is 0 Å². The van der Waals surface area contributed by atoms with Gasteiger partial charge in [0.05, 0.1) is 16.9 Å². The molecular formula is C25H38N6O2. The third-order valence-electron chi connectivity index (χ3n) is 9.10. The number of rotatable bonds is 7. The molecule has 0 aromatic carbocycles. The van der Waals surface area contributed by atoms with E-state index in [9.17, 15) is 9.90 Å². The number of hydrogen-bond acceptors (Lipinski definition) is 7. The van der Waals surface area contributed by atoms with Gasteiger partial charge >= 0.3 is 0 Å². The van der Waals surface area contributed by atoms with Crippen LogP contribution in [0.3, 0.4) is 0 Å². The number of anilines is 1. The minimum Gasteiger partial charge on any atom is -0.390 e. The van der Waals surface area contributed by atoms with E-state index in [0.29, 0.717) is 35.3 Å². The van der Waals surface area contributed by atoms with E-state index < -0.39 is 11.5 Å². The van der Waals surface area contributed by atoms with Crippen molar-refractivity contribution in [3.05, 3.63) is 17.5 Å². The average molecular weight is 455 g/mol. The van der Waals surface area contributed by atoms with Gasteiger partial charge in [0, 0.05) is 57.4 Å². The normalized spacial score (nSPS) is 36.3. The molecule has 2 atom stereocenters. The number of aromatic nitrogens is 2. The first-order valence-electron chi connectivity index (χ1n) is 13.0. The van der Waals surface area contributed by atoms with E-state index in [1.807, 2.05) is 0 Å². The predicted molar refractivity (Wildman–Crippen MR) is 126 cm³/mol. The van der Waals surface area contributed by atoms with Gasteiger partial charge < -0.3 is 20.6 Å². The molecule has 33 heavy (non-hydrogen) atoms. The fourth-order valence-electron chi connectivity index (χ4n) is 7.55. The minimum atomic E-state index is -0.452. The van der Waals surface area contributed by atoms with Crippen LogP contribution >= 0.6 is 0 Å². The van der Waals surface area contributed by atoms with Gasteiger partial charge in [-0.3, -0.25) is 9.69 Å². The highest BCUT2D eigenvalue weighted by molar-refractivity contribution is 5.94. The molecule has 0 spiro atoms. The van der Waals surface area contributed by atoms with E-state index in [-0.39, 0.29) is 0 Å². The summed E-state index contributed by atoms with van der Waals surface area (Å²) in [7, 11) is 2.19. The van der Waals surface area contributed by atoms with Gasteiger partial charge in [0.25, 0.3) is 5.91 Å². The molecule has 2 heterocycles. The topological polar surface area (TPSA) is 98.8 Å². The number of piperazine rings is 1. The van der Waals surface area contributed by atoms with E-state index in [1.54, 1.807) is 6.20 Å². The zero-order chi connectivity index (χ0) is 22.7. The molecule has 5 saturated carbocycles. The Morgan fingerprint density at radius 2 is 1.88 bits per heavy atom. The van der Waals surface area contributed by atoms with Crippen LogP contribution < -0.4 is 10.6 Å². The lowest BCUT2D eigenvalue weighted by Gasteiger charge is -2.60. The molecular weight excluding hydrogens is 416 g/mol. The molecule has 1 amide bonds. The SMILES string of the molecule is CN1CCN(CCN(c2ncc(C(N)=O)c(C3CC3)n2)C2C3CC4CC2CC(O)(C4)C3)CC1. The number of hydrogen-bond donors (Lipinski definition) is 2. The van der Waals surface area contributed by atoms with Gasteiger partial charge in [0.15, 0.2) is 0 Å².